The predicted molar refractivity (Wildman–Crippen MR) is 62.9 cm³/mol. The molecule has 0 saturated heterocycles. The number of hydrogen-bond donors (Lipinski definition) is 2. The molecule has 0 spiro atoms. The molecule has 0 fully saturated rings. The summed E-state index contributed by atoms with van der Waals surface area (Å²) in [5.74, 6) is 2.54. The lowest BCUT2D eigenvalue weighted by atomic mass is 10.4. The van der Waals surface area contributed by atoms with E-state index in [0.29, 0.717) is 0 Å². The molecule has 0 radical (unpaired) electrons. The minimum absolute atomic E-state index is 0.822. The summed E-state index contributed by atoms with van der Waals surface area (Å²) in [7, 11) is 3.86. The molecule has 0 saturated carbocycles. The van der Waals surface area contributed by atoms with Gasteiger partial charge in [-0.3, -0.25) is 0 Å². The lowest BCUT2D eigenvalue weighted by Crippen LogP contribution is -2.21. The van der Waals surface area contributed by atoms with Gasteiger partial charge in [0.1, 0.15) is 17.5 Å². The lowest BCUT2D eigenvalue weighted by Gasteiger charge is -2.14. The number of hydrogen-bond acceptors (Lipinski definition) is 5. The lowest BCUT2D eigenvalue weighted by molar-refractivity contribution is 0.491. The highest BCUT2D eigenvalue weighted by atomic mass is 15.5. The average Bonchev–Trinajstić information content (AvgIpc) is 2.16. The first kappa shape index (κ1) is 11.7. The Labute approximate surface area is 90.9 Å². The van der Waals surface area contributed by atoms with E-state index >= 15 is 0 Å². The Morgan fingerprint density at radius 3 is 2.40 bits per heavy atom. The highest BCUT2D eigenvalue weighted by Gasteiger charge is 2.02. The summed E-state index contributed by atoms with van der Waals surface area (Å²) in [5, 5.41) is 5.04. The first-order valence-corrected chi connectivity index (χ1v) is 5.21. The standard InChI is InChI=1S/C10H19N5/c1-5-8-12-9(11-6-2)7-10(13-8)14-15(3)4/h7H,5-6H2,1-4H3,(H2,11,12,13,14). The highest BCUT2D eigenvalue weighted by Crippen LogP contribution is 2.11. The van der Waals surface area contributed by atoms with Crippen LogP contribution >= 0.6 is 0 Å². The molecule has 1 heterocycles. The Morgan fingerprint density at radius 1 is 1.20 bits per heavy atom. The number of aromatic nitrogens is 2. The van der Waals surface area contributed by atoms with E-state index in [9.17, 15) is 0 Å². The van der Waals surface area contributed by atoms with Gasteiger partial charge in [-0.25, -0.2) is 15.0 Å². The van der Waals surface area contributed by atoms with E-state index in [0.717, 1.165) is 30.4 Å². The first-order valence-electron chi connectivity index (χ1n) is 5.21. The molecule has 5 nitrogen and oxygen atoms in total. The maximum absolute atomic E-state index is 4.37. The van der Waals surface area contributed by atoms with Gasteiger partial charge in [0.05, 0.1) is 0 Å². The molecule has 0 amide bonds. The van der Waals surface area contributed by atoms with Gasteiger partial charge in [0.2, 0.25) is 0 Å². The van der Waals surface area contributed by atoms with Crippen LogP contribution in [0, 0.1) is 0 Å². The summed E-state index contributed by atoms with van der Waals surface area (Å²) in [6.45, 7) is 4.96. The van der Waals surface area contributed by atoms with Crippen molar-refractivity contribution in [3.05, 3.63) is 11.9 Å². The Balaban J connectivity index is 2.89. The molecular formula is C10H19N5. The normalized spacial score (nSPS) is 10.5. The number of aryl methyl sites for hydroxylation is 1. The monoisotopic (exact) mass is 209 g/mol. The van der Waals surface area contributed by atoms with Gasteiger partial charge in [-0.15, -0.1) is 0 Å². The Morgan fingerprint density at radius 2 is 1.87 bits per heavy atom. The highest BCUT2D eigenvalue weighted by molar-refractivity contribution is 5.46. The number of nitrogens with one attached hydrogen (secondary N) is 2. The summed E-state index contributed by atoms with van der Waals surface area (Å²) in [6, 6.07) is 1.91. The zero-order chi connectivity index (χ0) is 11.3. The molecule has 0 aliphatic rings. The van der Waals surface area contributed by atoms with Crippen LogP contribution in [0.15, 0.2) is 6.07 Å². The third-order valence-electron chi connectivity index (χ3n) is 1.78. The van der Waals surface area contributed by atoms with E-state index in [1.54, 1.807) is 0 Å². The van der Waals surface area contributed by atoms with Crippen molar-refractivity contribution in [2.45, 2.75) is 20.3 Å². The molecule has 15 heavy (non-hydrogen) atoms. The fourth-order valence-corrected chi connectivity index (χ4v) is 1.21. The molecule has 5 heteroatoms. The molecule has 0 atom stereocenters. The summed E-state index contributed by atoms with van der Waals surface area (Å²) >= 11 is 0. The summed E-state index contributed by atoms with van der Waals surface area (Å²) in [5.41, 5.74) is 3.12. The molecule has 84 valence electrons. The topological polar surface area (TPSA) is 53.1 Å². The largest absolute Gasteiger partial charge is 0.370 e. The van der Waals surface area contributed by atoms with E-state index in [-0.39, 0.29) is 0 Å². The molecule has 0 unspecified atom stereocenters. The van der Waals surface area contributed by atoms with Crippen molar-refractivity contribution in [1.29, 1.82) is 0 Å². The molecule has 1 aromatic rings. The van der Waals surface area contributed by atoms with E-state index in [2.05, 4.69) is 20.7 Å². The molecule has 0 aromatic carbocycles. The molecule has 0 bridgehead atoms. The second-order valence-corrected chi connectivity index (χ2v) is 3.44. The molecule has 0 aliphatic heterocycles. The van der Waals surface area contributed by atoms with Gasteiger partial charge in [0.15, 0.2) is 0 Å². The van der Waals surface area contributed by atoms with Crippen LogP contribution in [-0.2, 0) is 6.42 Å². The molecule has 2 N–H and O–H groups in total. The van der Waals surface area contributed by atoms with Crippen LogP contribution in [0.5, 0.6) is 0 Å². The van der Waals surface area contributed by atoms with Crippen molar-refractivity contribution in [1.82, 2.24) is 15.0 Å². The SMILES string of the molecule is CCNc1cc(NN(C)C)nc(CC)n1. The van der Waals surface area contributed by atoms with E-state index in [4.69, 9.17) is 0 Å². The third-order valence-corrected chi connectivity index (χ3v) is 1.78. The minimum atomic E-state index is 0.822. The molecular weight excluding hydrogens is 190 g/mol. The second kappa shape index (κ2) is 5.50. The Hall–Kier alpha value is -1.36. The van der Waals surface area contributed by atoms with Crippen molar-refractivity contribution in [3.8, 4) is 0 Å². The van der Waals surface area contributed by atoms with E-state index in [1.807, 2.05) is 39.0 Å². The van der Waals surface area contributed by atoms with Gasteiger partial charge in [0, 0.05) is 33.1 Å². The van der Waals surface area contributed by atoms with Crippen LogP contribution in [0.1, 0.15) is 19.7 Å². The van der Waals surface area contributed by atoms with Crippen LogP contribution in [0.25, 0.3) is 0 Å². The Bertz CT molecular complexity index is 311. The van der Waals surface area contributed by atoms with Crippen LogP contribution < -0.4 is 10.7 Å². The maximum Gasteiger partial charge on any atom is 0.146 e. The van der Waals surface area contributed by atoms with E-state index in [1.165, 1.54) is 0 Å². The predicted octanol–water partition coefficient (Wildman–Crippen LogP) is 1.36. The van der Waals surface area contributed by atoms with Gasteiger partial charge in [-0.1, -0.05) is 6.92 Å². The van der Waals surface area contributed by atoms with Gasteiger partial charge in [-0.2, -0.15) is 0 Å². The van der Waals surface area contributed by atoms with Gasteiger partial charge in [0.25, 0.3) is 0 Å². The van der Waals surface area contributed by atoms with Crippen molar-refractivity contribution in [2.75, 3.05) is 31.4 Å². The van der Waals surface area contributed by atoms with Crippen LogP contribution in [0.3, 0.4) is 0 Å². The zero-order valence-corrected chi connectivity index (χ0v) is 9.83. The number of hydrazine groups is 1. The number of anilines is 2. The second-order valence-electron chi connectivity index (χ2n) is 3.44. The average molecular weight is 209 g/mol. The summed E-state index contributed by atoms with van der Waals surface area (Å²) in [4.78, 5) is 8.74. The number of rotatable bonds is 5. The zero-order valence-electron chi connectivity index (χ0n) is 9.83. The summed E-state index contributed by atoms with van der Waals surface area (Å²) < 4.78 is 0. The van der Waals surface area contributed by atoms with Crippen LogP contribution in [-0.4, -0.2) is 35.6 Å². The Kier molecular flexibility index (Phi) is 4.30. The fourth-order valence-electron chi connectivity index (χ4n) is 1.21. The van der Waals surface area contributed by atoms with Gasteiger partial charge in [-0.05, 0) is 6.92 Å². The van der Waals surface area contributed by atoms with Gasteiger partial charge < -0.3 is 10.7 Å². The van der Waals surface area contributed by atoms with Crippen LogP contribution in [0.4, 0.5) is 11.6 Å². The third kappa shape index (κ3) is 3.71. The molecule has 0 aliphatic carbocycles. The van der Waals surface area contributed by atoms with Crippen molar-refractivity contribution in [2.24, 2.45) is 0 Å². The van der Waals surface area contributed by atoms with Gasteiger partial charge >= 0.3 is 0 Å². The van der Waals surface area contributed by atoms with Crippen molar-refractivity contribution in [3.63, 3.8) is 0 Å². The van der Waals surface area contributed by atoms with Crippen molar-refractivity contribution >= 4 is 11.6 Å². The summed E-state index contributed by atoms with van der Waals surface area (Å²) in [6.07, 6.45) is 0.835. The number of nitrogens with zero attached hydrogens (tertiary/aromatic N) is 3. The smallest absolute Gasteiger partial charge is 0.146 e. The first-order chi connectivity index (χ1) is 7.15. The molecule has 1 aromatic heterocycles. The van der Waals surface area contributed by atoms with Crippen LogP contribution in [0.2, 0.25) is 0 Å². The maximum atomic E-state index is 4.37. The van der Waals surface area contributed by atoms with Crippen molar-refractivity contribution < 1.29 is 0 Å². The fraction of sp³-hybridized carbons (Fsp3) is 0.600. The quantitative estimate of drug-likeness (QED) is 0.717. The van der Waals surface area contributed by atoms with E-state index < -0.39 is 0 Å². The minimum Gasteiger partial charge on any atom is -0.370 e. The molecule has 1 rings (SSSR count).